The van der Waals surface area contributed by atoms with Gasteiger partial charge < -0.3 is 29.6 Å². The van der Waals surface area contributed by atoms with Gasteiger partial charge in [0, 0.05) is 31.9 Å². The second-order valence-electron chi connectivity index (χ2n) is 10.3. The van der Waals surface area contributed by atoms with Gasteiger partial charge in [0.2, 0.25) is 0 Å². The number of rotatable bonds is 14. The van der Waals surface area contributed by atoms with E-state index >= 15 is 0 Å². The summed E-state index contributed by atoms with van der Waals surface area (Å²) >= 11 is 0. The topological polar surface area (TPSA) is 112 Å². The minimum atomic E-state index is -0.564. The summed E-state index contributed by atoms with van der Waals surface area (Å²) in [5, 5.41) is 5.82. The zero-order valence-corrected chi connectivity index (χ0v) is 21.6. The van der Waals surface area contributed by atoms with Crippen LogP contribution in [0.4, 0.5) is 9.59 Å². The highest BCUT2D eigenvalue weighted by molar-refractivity contribution is 5.86. The molecular weight excluding hydrogens is 440 g/mol. The summed E-state index contributed by atoms with van der Waals surface area (Å²) in [6.07, 6.45) is 5.42. The van der Waals surface area contributed by atoms with E-state index in [1.54, 1.807) is 14.0 Å². The number of carbonyl (C=O) groups is 3. The van der Waals surface area contributed by atoms with Crippen LogP contribution in [0.1, 0.15) is 72.6 Å². The lowest BCUT2D eigenvalue weighted by molar-refractivity contribution is -0.139. The van der Waals surface area contributed by atoms with Gasteiger partial charge in [0.1, 0.15) is 13.2 Å². The maximum atomic E-state index is 12.3. The molecule has 0 radical (unpaired) electrons. The van der Waals surface area contributed by atoms with E-state index in [4.69, 9.17) is 18.9 Å². The van der Waals surface area contributed by atoms with Gasteiger partial charge in [-0.05, 0) is 56.3 Å². The lowest BCUT2D eigenvalue weighted by Gasteiger charge is -2.46. The number of nitrogens with one attached hydrogen (secondary N) is 2. The van der Waals surface area contributed by atoms with Gasteiger partial charge in [0.25, 0.3) is 0 Å². The average Bonchev–Trinajstić information content (AvgIpc) is 2.73. The molecule has 1 aliphatic carbocycles. The van der Waals surface area contributed by atoms with E-state index in [2.05, 4.69) is 38.0 Å². The smallest absolute Gasteiger partial charge is 0.407 e. The largest absolute Gasteiger partial charge is 0.459 e. The van der Waals surface area contributed by atoms with Crippen LogP contribution in [0.3, 0.4) is 0 Å². The summed E-state index contributed by atoms with van der Waals surface area (Å²) in [5.41, 5.74) is 0.0727. The number of hydrogen-bond donors (Lipinski definition) is 2. The number of hydrogen-bond acceptors (Lipinski definition) is 7. The molecular formula is C25H44N2O7. The van der Waals surface area contributed by atoms with E-state index in [9.17, 15) is 14.4 Å². The van der Waals surface area contributed by atoms with Crippen LogP contribution in [0, 0.1) is 10.8 Å². The Hall–Kier alpha value is -2.29. The average molecular weight is 485 g/mol. The van der Waals surface area contributed by atoms with Gasteiger partial charge in [0.15, 0.2) is 0 Å². The fourth-order valence-electron chi connectivity index (χ4n) is 4.67. The van der Waals surface area contributed by atoms with E-state index in [0.717, 1.165) is 51.6 Å². The quantitative estimate of drug-likeness (QED) is 0.163. The SMILES string of the molecule is C=C(C)C(=O)OCCOC(=O)NCC1(C)CC(NC(=O)OCCCCCCOC)CC(C)(C)C1. The highest BCUT2D eigenvalue weighted by Crippen LogP contribution is 2.45. The van der Waals surface area contributed by atoms with Gasteiger partial charge in [-0.1, -0.05) is 33.8 Å². The van der Waals surface area contributed by atoms with Crippen molar-refractivity contribution in [2.24, 2.45) is 10.8 Å². The van der Waals surface area contributed by atoms with Crippen molar-refractivity contribution in [3.8, 4) is 0 Å². The number of unbranched alkanes of at least 4 members (excludes halogenated alkanes) is 3. The molecule has 9 heteroatoms. The standard InChI is InChI=1S/C25H44N2O7/c1-19(2)21(28)32-13-14-34-22(29)26-18-25(5)16-20(15-24(3,4)17-25)27-23(30)33-12-10-8-7-9-11-31-6/h20H,1,7-18H2,2-6H3,(H,26,29)(H,27,30). The second-order valence-corrected chi connectivity index (χ2v) is 10.3. The van der Waals surface area contributed by atoms with Gasteiger partial charge >= 0.3 is 18.2 Å². The van der Waals surface area contributed by atoms with E-state index in [0.29, 0.717) is 18.7 Å². The number of amides is 2. The molecule has 2 N–H and O–H groups in total. The Bertz CT molecular complexity index is 680. The van der Waals surface area contributed by atoms with Crippen molar-refractivity contribution in [3.63, 3.8) is 0 Å². The maximum Gasteiger partial charge on any atom is 0.407 e. The van der Waals surface area contributed by atoms with Crippen LogP contribution in [-0.2, 0) is 23.7 Å². The molecule has 0 bridgehead atoms. The lowest BCUT2D eigenvalue weighted by Crippen LogP contribution is -2.50. The molecule has 0 aromatic heterocycles. The molecule has 196 valence electrons. The van der Waals surface area contributed by atoms with Crippen LogP contribution in [-0.4, -0.2) is 64.3 Å². The number of esters is 1. The summed E-state index contributed by atoms with van der Waals surface area (Å²) in [6, 6.07) is -0.0395. The van der Waals surface area contributed by atoms with Crippen molar-refractivity contribution >= 4 is 18.2 Å². The Labute approximate surface area is 204 Å². The molecule has 1 rings (SSSR count). The fraction of sp³-hybridized carbons (Fsp3) is 0.800. The zero-order chi connectivity index (χ0) is 25.6. The first-order valence-electron chi connectivity index (χ1n) is 12.1. The van der Waals surface area contributed by atoms with E-state index < -0.39 is 18.2 Å². The normalized spacial score (nSPS) is 21.3. The van der Waals surface area contributed by atoms with Crippen molar-refractivity contribution in [2.45, 2.75) is 78.7 Å². The Morgan fingerprint density at radius 2 is 1.50 bits per heavy atom. The molecule has 9 nitrogen and oxygen atoms in total. The molecule has 0 saturated heterocycles. The number of ether oxygens (including phenoxy) is 4. The fourth-order valence-corrected chi connectivity index (χ4v) is 4.67. The van der Waals surface area contributed by atoms with Crippen LogP contribution < -0.4 is 10.6 Å². The summed E-state index contributed by atoms with van der Waals surface area (Å²) in [7, 11) is 1.69. The van der Waals surface area contributed by atoms with Crippen LogP contribution in [0.2, 0.25) is 0 Å². The van der Waals surface area contributed by atoms with E-state index in [1.165, 1.54) is 0 Å². The first-order chi connectivity index (χ1) is 16.0. The third-order valence-corrected chi connectivity index (χ3v) is 5.80. The van der Waals surface area contributed by atoms with E-state index in [-0.39, 0.29) is 30.1 Å². The van der Waals surface area contributed by atoms with Gasteiger partial charge in [-0.3, -0.25) is 0 Å². The highest BCUT2D eigenvalue weighted by Gasteiger charge is 2.42. The van der Waals surface area contributed by atoms with Crippen molar-refractivity contribution in [3.05, 3.63) is 12.2 Å². The molecule has 2 atom stereocenters. The van der Waals surface area contributed by atoms with Gasteiger partial charge in [-0.25, -0.2) is 14.4 Å². The van der Waals surface area contributed by atoms with Gasteiger partial charge in [-0.2, -0.15) is 0 Å². The second kappa shape index (κ2) is 14.9. The van der Waals surface area contributed by atoms with Crippen molar-refractivity contribution in [1.29, 1.82) is 0 Å². The molecule has 2 amide bonds. The minimum Gasteiger partial charge on any atom is -0.459 e. The zero-order valence-electron chi connectivity index (χ0n) is 21.6. The summed E-state index contributed by atoms with van der Waals surface area (Å²) in [6.45, 7) is 13.0. The Kier molecular flexibility index (Phi) is 13.0. The molecule has 0 aliphatic heterocycles. The van der Waals surface area contributed by atoms with Crippen LogP contribution in [0.25, 0.3) is 0 Å². The van der Waals surface area contributed by atoms with Crippen molar-refractivity contribution in [2.75, 3.05) is 40.1 Å². The third-order valence-electron chi connectivity index (χ3n) is 5.80. The molecule has 0 aromatic rings. The Morgan fingerprint density at radius 1 is 0.882 bits per heavy atom. The van der Waals surface area contributed by atoms with Crippen LogP contribution in [0.15, 0.2) is 12.2 Å². The van der Waals surface area contributed by atoms with Crippen LogP contribution >= 0.6 is 0 Å². The Balaban J connectivity index is 2.38. The van der Waals surface area contributed by atoms with Crippen molar-refractivity contribution < 1.29 is 33.3 Å². The molecule has 0 heterocycles. The molecule has 1 saturated carbocycles. The predicted octanol–water partition coefficient (Wildman–Crippen LogP) is 4.35. The monoisotopic (exact) mass is 484 g/mol. The number of carbonyl (C=O) groups excluding carboxylic acids is 3. The van der Waals surface area contributed by atoms with Crippen molar-refractivity contribution in [1.82, 2.24) is 10.6 Å². The first kappa shape index (κ1) is 29.7. The molecule has 0 aromatic carbocycles. The maximum absolute atomic E-state index is 12.3. The summed E-state index contributed by atoms with van der Waals surface area (Å²) in [4.78, 5) is 35.7. The molecule has 1 aliphatic rings. The van der Waals surface area contributed by atoms with Gasteiger partial charge in [0.05, 0.1) is 6.61 Å². The summed E-state index contributed by atoms with van der Waals surface area (Å²) < 4.78 is 20.4. The summed E-state index contributed by atoms with van der Waals surface area (Å²) in [5.74, 6) is -0.514. The predicted molar refractivity (Wildman–Crippen MR) is 129 cm³/mol. The van der Waals surface area contributed by atoms with E-state index in [1.807, 2.05) is 0 Å². The molecule has 2 unspecified atom stereocenters. The minimum absolute atomic E-state index is 0.00533. The number of alkyl carbamates (subject to hydrolysis) is 2. The molecule has 0 spiro atoms. The molecule has 1 fully saturated rings. The van der Waals surface area contributed by atoms with Crippen LogP contribution in [0.5, 0.6) is 0 Å². The Morgan fingerprint density at radius 3 is 2.15 bits per heavy atom. The first-order valence-corrected chi connectivity index (χ1v) is 12.1. The molecule has 34 heavy (non-hydrogen) atoms. The highest BCUT2D eigenvalue weighted by atomic mass is 16.6. The number of methoxy groups -OCH3 is 1. The lowest BCUT2D eigenvalue weighted by atomic mass is 9.62. The van der Waals surface area contributed by atoms with Gasteiger partial charge in [-0.15, -0.1) is 0 Å². The third kappa shape index (κ3) is 12.8.